The van der Waals surface area contributed by atoms with Crippen LogP contribution in [0.3, 0.4) is 0 Å². The zero-order chi connectivity index (χ0) is 40.7. The monoisotopic (exact) mass is 766 g/mol. The maximum atomic E-state index is 10.5. The number of hydrogen-bond donors (Lipinski definition) is 0. The van der Waals surface area contributed by atoms with Crippen molar-refractivity contribution in [3.8, 4) is 12.1 Å². The van der Waals surface area contributed by atoms with Crippen LogP contribution in [0.2, 0.25) is 0 Å². The SMILES string of the molecule is N#Cc1c2ccc(/C=C\c3ccc(N(c4ccccc4)c4ccccc4)cc3)cc2c(C#N)c2ccc(/C=C\c3ccc(N(c4ccccc4)c4ccccc4)cc3)cc12. The highest BCUT2D eigenvalue weighted by atomic mass is 15.1. The van der Waals surface area contributed by atoms with Crippen molar-refractivity contribution in [3.05, 3.63) is 240 Å². The topological polar surface area (TPSA) is 54.1 Å². The Labute approximate surface area is 350 Å². The lowest BCUT2D eigenvalue weighted by atomic mass is 9.90. The number of nitrogens with zero attached hydrogens (tertiary/aromatic N) is 4. The molecule has 0 saturated carbocycles. The van der Waals surface area contributed by atoms with Gasteiger partial charge in [-0.1, -0.05) is 146 Å². The predicted octanol–water partition coefficient (Wildman–Crippen LogP) is 15.0. The fourth-order valence-corrected chi connectivity index (χ4v) is 7.77. The minimum absolute atomic E-state index is 0.563. The summed E-state index contributed by atoms with van der Waals surface area (Å²) in [6.45, 7) is 0. The summed E-state index contributed by atoms with van der Waals surface area (Å²) in [6, 6.07) is 75.3. The molecule has 4 heteroatoms. The second-order valence-electron chi connectivity index (χ2n) is 14.4. The highest BCUT2D eigenvalue weighted by Gasteiger charge is 2.16. The Morgan fingerprint density at radius 3 is 0.850 bits per heavy atom. The van der Waals surface area contributed by atoms with E-state index in [1.54, 1.807) is 0 Å². The van der Waals surface area contributed by atoms with Crippen molar-refractivity contribution >= 4 is 80.0 Å². The van der Waals surface area contributed by atoms with Crippen LogP contribution in [0.15, 0.2) is 206 Å². The maximum absolute atomic E-state index is 10.5. The first-order chi connectivity index (χ1) is 29.7. The molecule has 0 aliphatic rings. The Morgan fingerprint density at radius 1 is 0.283 bits per heavy atom. The average molecular weight is 767 g/mol. The Morgan fingerprint density at radius 2 is 0.550 bits per heavy atom. The molecule has 0 bridgehead atoms. The average Bonchev–Trinajstić information content (AvgIpc) is 3.31. The summed E-state index contributed by atoms with van der Waals surface area (Å²) in [5.41, 5.74) is 11.6. The van der Waals surface area contributed by atoms with Crippen molar-refractivity contribution in [3.63, 3.8) is 0 Å². The molecule has 4 nitrogen and oxygen atoms in total. The van der Waals surface area contributed by atoms with E-state index in [4.69, 9.17) is 0 Å². The smallest absolute Gasteiger partial charge is 0.100 e. The van der Waals surface area contributed by atoms with Crippen LogP contribution in [0.5, 0.6) is 0 Å². The molecule has 0 unspecified atom stereocenters. The number of para-hydroxylation sites is 4. The van der Waals surface area contributed by atoms with Gasteiger partial charge in [0.15, 0.2) is 0 Å². The van der Waals surface area contributed by atoms with Crippen LogP contribution in [-0.2, 0) is 0 Å². The summed E-state index contributed by atoms with van der Waals surface area (Å²) in [7, 11) is 0. The molecule has 9 rings (SSSR count). The molecule has 0 aliphatic heterocycles. The molecule has 60 heavy (non-hydrogen) atoms. The van der Waals surface area contributed by atoms with Gasteiger partial charge in [-0.3, -0.25) is 0 Å². The van der Waals surface area contributed by atoms with E-state index in [1.165, 1.54) is 0 Å². The summed E-state index contributed by atoms with van der Waals surface area (Å²) in [6.07, 6.45) is 8.26. The molecule has 0 spiro atoms. The van der Waals surface area contributed by atoms with E-state index < -0.39 is 0 Å². The molecule has 282 valence electrons. The van der Waals surface area contributed by atoms with Crippen molar-refractivity contribution in [2.75, 3.05) is 9.80 Å². The molecule has 0 N–H and O–H groups in total. The molecule has 0 atom stereocenters. The number of benzene rings is 9. The summed E-state index contributed by atoms with van der Waals surface area (Å²) in [4.78, 5) is 4.48. The molecule has 9 aromatic carbocycles. The lowest BCUT2D eigenvalue weighted by Gasteiger charge is -2.25. The van der Waals surface area contributed by atoms with Gasteiger partial charge in [0.2, 0.25) is 0 Å². The highest BCUT2D eigenvalue weighted by molar-refractivity contribution is 6.10. The van der Waals surface area contributed by atoms with E-state index in [0.29, 0.717) is 11.1 Å². The van der Waals surface area contributed by atoms with Gasteiger partial charge in [0, 0.05) is 55.7 Å². The zero-order valence-electron chi connectivity index (χ0n) is 32.7. The van der Waals surface area contributed by atoms with E-state index in [-0.39, 0.29) is 0 Å². The number of nitriles is 2. The third-order valence-electron chi connectivity index (χ3n) is 10.7. The van der Waals surface area contributed by atoms with Gasteiger partial charge in [0.1, 0.15) is 12.1 Å². The van der Waals surface area contributed by atoms with E-state index >= 15 is 0 Å². The summed E-state index contributed by atoms with van der Waals surface area (Å²) < 4.78 is 0. The number of anilines is 6. The van der Waals surface area contributed by atoms with Crippen LogP contribution in [0.4, 0.5) is 34.1 Å². The molecule has 0 fully saturated rings. The van der Waals surface area contributed by atoms with Crippen LogP contribution in [-0.4, -0.2) is 0 Å². The van der Waals surface area contributed by atoms with Gasteiger partial charge >= 0.3 is 0 Å². The van der Waals surface area contributed by atoms with Gasteiger partial charge in [0.05, 0.1) is 11.1 Å². The van der Waals surface area contributed by atoms with Crippen LogP contribution >= 0.6 is 0 Å². The second kappa shape index (κ2) is 17.0. The second-order valence-corrected chi connectivity index (χ2v) is 14.4. The van der Waals surface area contributed by atoms with E-state index in [1.807, 2.05) is 60.7 Å². The largest absolute Gasteiger partial charge is 0.311 e. The molecular weight excluding hydrogens is 729 g/mol. The van der Waals surface area contributed by atoms with Crippen LogP contribution < -0.4 is 9.80 Å². The summed E-state index contributed by atoms with van der Waals surface area (Å²) in [5.74, 6) is 0. The first-order valence-electron chi connectivity index (χ1n) is 19.9. The Bertz CT molecular complexity index is 2780. The van der Waals surface area contributed by atoms with E-state index in [9.17, 15) is 10.5 Å². The fourth-order valence-electron chi connectivity index (χ4n) is 7.77. The van der Waals surface area contributed by atoms with Crippen molar-refractivity contribution < 1.29 is 0 Å². The van der Waals surface area contributed by atoms with Crippen LogP contribution in [0.25, 0.3) is 45.8 Å². The van der Waals surface area contributed by atoms with Gasteiger partial charge < -0.3 is 9.80 Å². The van der Waals surface area contributed by atoms with Gasteiger partial charge in [-0.15, -0.1) is 0 Å². The van der Waals surface area contributed by atoms with Crippen molar-refractivity contribution in [2.24, 2.45) is 0 Å². The molecule has 0 aliphatic carbocycles. The fraction of sp³-hybridized carbons (Fsp3) is 0. The predicted molar refractivity (Wildman–Crippen MR) is 251 cm³/mol. The standard InChI is InChI=1S/C56H38N4/c57-39-55-52-36-30-44(24-22-42-27-33-50(34-28-42)60(47-17-9-3-10-18-47)48-19-11-4-12-20-48)38-54(52)56(40-58)51-35-29-43(37-53(51)55)23-21-41-25-31-49(32-26-41)59(45-13-5-1-6-14-45)46-15-7-2-8-16-46/h1-38H/b23-21-,24-22-. The normalized spacial score (nSPS) is 11.2. The highest BCUT2D eigenvalue weighted by Crippen LogP contribution is 2.37. The lowest BCUT2D eigenvalue weighted by molar-refractivity contribution is 1.28. The molecule has 0 aromatic heterocycles. The third kappa shape index (κ3) is 7.65. The van der Waals surface area contributed by atoms with Crippen molar-refractivity contribution in [1.82, 2.24) is 0 Å². The molecule has 0 radical (unpaired) electrons. The van der Waals surface area contributed by atoms with Crippen molar-refractivity contribution in [1.29, 1.82) is 10.5 Å². The quantitative estimate of drug-likeness (QED) is 0.103. The summed E-state index contributed by atoms with van der Waals surface area (Å²) >= 11 is 0. The van der Waals surface area contributed by atoms with Crippen molar-refractivity contribution in [2.45, 2.75) is 0 Å². The lowest BCUT2D eigenvalue weighted by Crippen LogP contribution is -2.09. The third-order valence-corrected chi connectivity index (χ3v) is 10.7. The van der Waals surface area contributed by atoms with Gasteiger partial charge in [-0.25, -0.2) is 0 Å². The first-order valence-corrected chi connectivity index (χ1v) is 19.9. The molecular formula is C56H38N4. The van der Waals surface area contributed by atoms with Crippen LogP contribution in [0, 0.1) is 22.7 Å². The van der Waals surface area contributed by atoms with Gasteiger partial charge in [-0.05, 0) is 107 Å². The Hall–Kier alpha value is -8.44. The Kier molecular flexibility index (Phi) is 10.5. The minimum Gasteiger partial charge on any atom is -0.311 e. The molecule has 9 aromatic rings. The summed E-state index contributed by atoms with van der Waals surface area (Å²) in [5, 5.41) is 24.0. The van der Waals surface area contributed by atoms with Gasteiger partial charge in [0.25, 0.3) is 0 Å². The Balaban J connectivity index is 0.975. The molecule has 0 saturated heterocycles. The number of rotatable bonds is 10. The van der Waals surface area contributed by atoms with E-state index in [0.717, 1.165) is 77.9 Å². The van der Waals surface area contributed by atoms with E-state index in [2.05, 4.69) is 192 Å². The van der Waals surface area contributed by atoms with Crippen LogP contribution in [0.1, 0.15) is 33.4 Å². The first kappa shape index (κ1) is 37.2. The zero-order valence-corrected chi connectivity index (χ0v) is 32.7. The number of fused-ring (bicyclic) bond motifs is 2. The molecule has 0 heterocycles. The minimum atomic E-state index is 0.563. The molecule has 0 amide bonds. The van der Waals surface area contributed by atoms with Gasteiger partial charge in [-0.2, -0.15) is 10.5 Å². The maximum Gasteiger partial charge on any atom is 0.100 e. The number of hydrogen-bond acceptors (Lipinski definition) is 4.